The fourth-order valence-electron chi connectivity index (χ4n) is 4.01. The zero-order chi connectivity index (χ0) is 21.3. The van der Waals surface area contributed by atoms with Crippen LogP contribution in [0.15, 0.2) is 48.5 Å². The van der Waals surface area contributed by atoms with Gasteiger partial charge in [-0.2, -0.15) is 0 Å². The van der Waals surface area contributed by atoms with E-state index in [1.54, 1.807) is 7.11 Å². The van der Waals surface area contributed by atoms with Crippen molar-refractivity contribution >= 4 is 11.8 Å². The maximum Gasteiger partial charge on any atom is 0.223 e. The van der Waals surface area contributed by atoms with Gasteiger partial charge in [0.1, 0.15) is 5.75 Å². The Kier molecular flexibility index (Phi) is 7.89. The van der Waals surface area contributed by atoms with Gasteiger partial charge in [0.2, 0.25) is 11.8 Å². The van der Waals surface area contributed by atoms with Gasteiger partial charge in [-0.1, -0.05) is 48.0 Å². The van der Waals surface area contributed by atoms with Crippen molar-refractivity contribution in [3.8, 4) is 5.75 Å². The van der Waals surface area contributed by atoms with Crippen molar-refractivity contribution in [2.75, 3.05) is 26.7 Å². The third kappa shape index (κ3) is 6.09. The summed E-state index contributed by atoms with van der Waals surface area (Å²) in [5, 5.41) is 3.06. The second-order valence-corrected chi connectivity index (χ2v) is 8.00. The van der Waals surface area contributed by atoms with E-state index in [0.29, 0.717) is 26.1 Å². The number of ether oxygens (including phenoxy) is 1. The second-order valence-electron chi connectivity index (χ2n) is 8.00. The second kappa shape index (κ2) is 10.8. The molecule has 0 unspecified atom stereocenters. The van der Waals surface area contributed by atoms with Crippen LogP contribution in [-0.4, -0.2) is 43.5 Å². The van der Waals surface area contributed by atoms with E-state index in [1.165, 1.54) is 11.1 Å². The van der Waals surface area contributed by atoms with E-state index in [9.17, 15) is 9.59 Å². The monoisotopic (exact) mass is 408 g/mol. The SMILES string of the molecule is COc1ccc(C)cc1CCNC(=O)C1CCN(C(=O)CCc2ccccc2)CC1. The first-order chi connectivity index (χ1) is 14.6. The van der Waals surface area contributed by atoms with Crippen LogP contribution < -0.4 is 10.1 Å². The van der Waals surface area contributed by atoms with Crippen molar-refractivity contribution in [1.82, 2.24) is 10.2 Å². The molecule has 0 saturated carbocycles. The lowest BCUT2D eigenvalue weighted by molar-refractivity contribution is -0.135. The van der Waals surface area contributed by atoms with Gasteiger partial charge < -0.3 is 15.0 Å². The summed E-state index contributed by atoms with van der Waals surface area (Å²) in [6, 6.07) is 16.2. The summed E-state index contributed by atoms with van der Waals surface area (Å²) < 4.78 is 5.41. The van der Waals surface area contributed by atoms with Gasteiger partial charge in [-0.3, -0.25) is 9.59 Å². The van der Waals surface area contributed by atoms with E-state index < -0.39 is 0 Å². The number of nitrogens with zero attached hydrogens (tertiary/aromatic N) is 1. The van der Waals surface area contributed by atoms with Crippen LogP contribution in [-0.2, 0) is 22.4 Å². The highest BCUT2D eigenvalue weighted by Gasteiger charge is 2.26. The summed E-state index contributed by atoms with van der Waals surface area (Å²) in [6.45, 7) is 3.97. The Hall–Kier alpha value is -2.82. The summed E-state index contributed by atoms with van der Waals surface area (Å²) >= 11 is 0. The van der Waals surface area contributed by atoms with Crippen molar-refractivity contribution in [2.45, 2.75) is 39.0 Å². The maximum absolute atomic E-state index is 12.6. The van der Waals surface area contributed by atoms with Crippen molar-refractivity contribution in [3.63, 3.8) is 0 Å². The Labute approximate surface area is 179 Å². The quantitative estimate of drug-likeness (QED) is 0.727. The first-order valence-corrected chi connectivity index (χ1v) is 10.8. The van der Waals surface area contributed by atoms with Gasteiger partial charge in [0.05, 0.1) is 7.11 Å². The normalized spacial score (nSPS) is 14.4. The van der Waals surface area contributed by atoms with Gasteiger partial charge in [0.15, 0.2) is 0 Å². The topological polar surface area (TPSA) is 58.6 Å². The number of hydrogen-bond donors (Lipinski definition) is 1. The number of aryl methyl sites for hydroxylation is 2. The van der Waals surface area contributed by atoms with Crippen LogP contribution >= 0.6 is 0 Å². The molecule has 0 spiro atoms. The van der Waals surface area contributed by atoms with E-state index >= 15 is 0 Å². The third-order valence-electron chi connectivity index (χ3n) is 5.82. The maximum atomic E-state index is 12.6. The lowest BCUT2D eigenvalue weighted by Crippen LogP contribution is -2.43. The van der Waals surface area contributed by atoms with Crippen LogP contribution in [0.25, 0.3) is 0 Å². The molecule has 1 saturated heterocycles. The highest BCUT2D eigenvalue weighted by Crippen LogP contribution is 2.21. The summed E-state index contributed by atoms with van der Waals surface area (Å²) in [5.41, 5.74) is 3.48. The van der Waals surface area contributed by atoms with Crippen LogP contribution in [0.2, 0.25) is 0 Å². The molecule has 1 N–H and O–H groups in total. The molecule has 5 heteroatoms. The molecule has 0 atom stereocenters. The number of methoxy groups -OCH3 is 1. The molecule has 0 aliphatic carbocycles. The minimum absolute atomic E-state index is 0.0115. The van der Waals surface area contributed by atoms with Crippen molar-refractivity contribution in [3.05, 3.63) is 65.2 Å². The number of likely N-dealkylation sites (tertiary alicyclic amines) is 1. The van der Waals surface area contributed by atoms with Gasteiger partial charge in [0, 0.05) is 32.0 Å². The van der Waals surface area contributed by atoms with Crippen molar-refractivity contribution < 1.29 is 14.3 Å². The lowest BCUT2D eigenvalue weighted by Gasteiger charge is -2.31. The Bertz CT molecular complexity index is 843. The van der Waals surface area contributed by atoms with Crippen molar-refractivity contribution in [1.29, 1.82) is 0 Å². The largest absolute Gasteiger partial charge is 0.496 e. The predicted octanol–water partition coefficient (Wildman–Crippen LogP) is 3.53. The smallest absolute Gasteiger partial charge is 0.223 e. The van der Waals surface area contributed by atoms with Gasteiger partial charge in [0.25, 0.3) is 0 Å². The molecule has 5 nitrogen and oxygen atoms in total. The highest BCUT2D eigenvalue weighted by molar-refractivity contribution is 5.80. The molecular weight excluding hydrogens is 376 g/mol. The molecule has 1 heterocycles. The minimum Gasteiger partial charge on any atom is -0.496 e. The molecule has 2 amide bonds. The molecule has 160 valence electrons. The first-order valence-electron chi connectivity index (χ1n) is 10.8. The Morgan fingerprint density at radius 1 is 1.07 bits per heavy atom. The third-order valence-corrected chi connectivity index (χ3v) is 5.82. The molecule has 0 radical (unpaired) electrons. The average Bonchev–Trinajstić information content (AvgIpc) is 2.78. The molecule has 30 heavy (non-hydrogen) atoms. The van der Waals surface area contributed by atoms with Gasteiger partial charge in [-0.15, -0.1) is 0 Å². The summed E-state index contributed by atoms with van der Waals surface area (Å²) in [7, 11) is 1.67. The van der Waals surface area contributed by atoms with E-state index in [2.05, 4.69) is 30.4 Å². The van der Waals surface area contributed by atoms with Gasteiger partial charge in [-0.05, 0) is 49.8 Å². The molecule has 1 aliphatic heterocycles. The Morgan fingerprint density at radius 2 is 1.80 bits per heavy atom. The molecule has 0 aromatic heterocycles. The number of hydrogen-bond acceptors (Lipinski definition) is 3. The molecule has 0 bridgehead atoms. The fraction of sp³-hybridized carbons (Fsp3) is 0.440. The van der Waals surface area contributed by atoms with Crippen LogP contribution in [0.1, 0.15) is 36.0 Å². The van der Waals surface area contributed by atoms with E-state index in [-0.39, 0.29) is 17.7 Å². The summed E-state index contributed by atoms with van der Waals surface area (Å²) in [6.07, 6.45) is 3.50. The molecular formula is C25H32N2O3. The van der Waals surface area contributed by atoms with Crippen LogP contribution in [0.3, 0.4) is 0 Å². The van der Waals surface area contributed by atoms with Crippen LogP contribution in [0, 0.1) is 12.8 Å². The zero-order valence-electron chi connectivity index (χ0n) is 18.0. The van der Waals surface area contributed by atoms with Crippen molar-refractivity contribution in [2.24, 2.45) is 5.92 Å². The predicted molar refractivity (Wildman–Crippen MR) is 119 cm³/mol. The number of carbonyl (C=O) groups excluding carboxylic acids is 2. The number of rotatable bonds is 8. The summed E-state index contributed by atoms with van der Waals surface area (Å²) in [5.74, 6) is 1.13. The fourth-order valence-corrected chi connectivity index (χ4v) is 4.01. The molecule has 1 fully saturated rings. The zero-order valence-corrected chi connectivity index (χ0v) is 18.0. The minimum atomic E-state index is -0.0115. The summed E-state index contributed by atoms with van der Waals surface area (Å²) in [4.78, 5) is 26.9. The molecule has 2 aromatic carbocycles. The molecule has 1 aliphatic rings. The number of carbonyl (C=O) groups is 2. The van der Waals surface area contributed by atoms with Gasteiger partial charge in [-0.25, -0.2) is 0 Å². The highest BCUT2D eigenvalue weighted by atomic mass is 16.5. The molecule has 2 aromatic rings. The van der Waals surface area contributed by atoms with Crippen LogP contribution in [0.5, 0.6) is 5.75 Å². The molecule has 3 rings (SSSR count). The van der Waals surface area contributed by atoms with Gasteiger partial charge >= 0.3 is 0 Å². The standard InChI is InChI=1S/C25H32N2O3/c1-19-8-10-23(30-2)22(18-19)12-15-26-25(29)21-13-16-27(17-14-21)24(28)11-9-20-6-4-3-5-7-20/h3-8,10,18,21H,9,11-17H2,1-2H3,(H,26,29). The Balaban J connectivity index is 1.39. The van der Waals surface area contributed by atoms with E-state index in [0.717, 1.165) is 37.0 Å². The lowest BCUT2D eigenvalue weighted by atomic mass is 9.95. The Morgan fingerprint density at radius 3 is 2.50 bits per heavy atom. The number of amides is 2. The number of piperidine rings is 1. The van der Waals surface area contributed by atoms with E-state index in [1.807, 2.05) is 35.2 Å². The number of nitrogens with one attached hydrogen (secondary N) is 1. The average molecular weight is 409 g/mol. The van der Waals surface area contributed by atoms with E-state index in [4.69, 9.17) is 4.74 Å². The first kappa shape index (κ1) is 21.9. The number of benzene rings is 2. The van der Waals surface area contributed by atoms with Crippen LogP contribution in [0.4, 0.5) is 0 Å².